The Bertz CT molecular complexity index is 431. The van der Waals surface area contributed by atoms with Gasteiger partial charge in [0.15, 0.2) is 0 Å². The second-order valence-electron chi connectivity index (χ2n) is 4.44. The Morgan fingerprint density at radius 3 is 2.95 bits per heavy atom. The van der Waals surface area contributed by atoms with E-state index in [-0.39, 0.29) is 36.8 Å². The summed E-state index contributed by atoms with van der Waals surface area (Å²) in [6, 6.07) is 3.70. The van der Waals surface area contributed by atoms with Crippen LogP contribution in [-0.2, 0) is 4.79 Å². The van der Waals surface area contributed by atoms with E-state index < -0.39 is 0 Å². The molecule has 22 heavy (non-hydrogen) atoms. The van der Waals surface area contributed by atoms with Gasteiger partial charge in [-0.1, -0.05) is 11.6 Å². The number of rotatable bonds is 6. The number of hydrogen-bond donors (Lipinski definition) is 2. The Morgan fingerprint density at radius 2 is 2.32 bits per heavy atom. The van der Waals surface area contributed by atoms with Gasteiger partial charge in [0.2, 0.25) is 11.8 Å². The quantitative estimate of drug-likeness (QED) is 0.731. The van der Waals surface area contributed by atoms with Crippen molar-refractivity contribution in [3.8, 4) is 5.88 Å². The SMILES string of the molecule is Cl.Cl.O=C(CC1CSCCN1)NCCOc1ccc(Cl)cn1. The van der Waals surface area contributed by atoms with Gasteiger partial charge in [-0.3, -0.25) is 4.79 Å². The molecular weight excluding hydrogens is 369 g/mol. The minimum absolute atomic E-state index is 0. The van der Waals surface area contributed by atoms with Gasteiger partial charge in [-0.05, 0) is 6.07 Å². The van der Waals surface area contributed by atoms with E-state index in [0.29, 0.717) is 30.5 Å². The fourth-order valence-electron chi connectivity index (χ4n) is 1.84. The molecule has 0 saturated carbocycles. The Kier molecular flexibility index (Phi) is 11.9. The average Bonchev–Trinajstić information content (AvgIpc) is 2.46. The van der Waals surface area contributed by atoms with Crippen LogP contribution in [0.5, 0.6) is 5.88 Å². The summed E-state index contributed by atoms with van der Waals surface area (Å²) in [5.74, 6) is 2.69. The Labute approximate surface area is 152 Å². The molecule has 1 fully saturated rings. The molecule has 1 unspecified atom stereocenters. The number of amides is 1. The number of pyridine rings is 1. The third-order valence-corrected chi connectivity index (χ3v) is 4.16. The highest BCUT2D eigenvalue weighted by Crippen LogP contribution is 2.11. The zero-order valence-corrected chi connectivity index (χ0v) is 15.1. The number of hydrogen-bond acceptors (Lipinski definition) is 5. The monoisotopic (exact) mass is 387 g/mol. The highest BCUT2D eigenvalue weighted by molar-refractivity contribution is 7.99. The third kappa shape index (κ3) is 8.29. The maximum atomic E-state index is 11.7. The number of carbonyl (C=O) groups is 1. The number of ether oxygens (including phenoxy) is 1. The van der Waals surface area contributed by atoms with E-state index >= 15 is 0 Å². The van der Waals surface area contributed by atoms with Crippen LogP contribution in [0.2, 0.25) is 5.02 Å². The standard InChI is InChI=1S/C13H18ClN3O2S.2ClH/c14-10-1-2-13(17-8-10)19-5-3-16-12(18)7-11-9-20-6-4-15-11;;/h1-2,8,11,15H,3-7,9H2,(H,16,18);2*1H. The molecule has 0 radical (unpaired) electrons. The number of aromatic nitrogens is 1. The van der Waals surface area contributed by atoms with Crippen LogP contribution >= 0.6 is 48.2 Å². The average molecular weight is 389 g/mol. The molecule has 1 aromatic heterocycles. The Balaban J connectivity index is 0.00000220. The molecule has 0 aromatic carbocycles. The number of carbonyl (C=O) groups excluding carboxylic acids is 1. The van der Waals surface area contributed by atoms with Crippen molar-refractivity contribution in [2.75, 3.05) is 31.2 Å². The van der Waals surface area contributed by atoms with Crippen molar-refractivity contribution in [2.45, 2.75) is 12.5 Å². The summed E-state index contributed by atoms with van der Waals surface area (Å²) in [5, 5.41) is 6.75. The molecule has 1 amide bonds. The van der Waals surface area contributed by atoms with E-state index in [9.17, 15) is 4.79 Å². The van der Waals surface area contributed by atoms with Crippen LogP contribution in [0.15, 0.2) is 18.3 Å². The lowest BCUT2D eigenvalue weighted by molar-refractivity contribution is -0.121. The predicted molar refractivity (Wildman–Crippen MR) is 96.0 cm³/mol. The fraction of sp³-hybridized carbons (Fsp3) is 0.538. The molecular formula is C13H20Cl3N3O2S. The first-order valence-corrected chi connectivity index (χ1v) is 8.09. The highest BCUT2D eigenvalue weighted by atomic mass is 35.5. The number of halogens is 3. The molecule has 2 heterocycles. The van der Waals surface area contributed by atoms with Crippen LogP contribution in [0.4, 0.5) is 0 Å². The first-order valence-electron chi connectivity index (χ1n) is 6.56. The van der Waals surface area contributed by atoms with E-state index in [4.69, 9.17) is 16.3 Å². The molecule has 0 bridgehead atoms. The van der Waals surface area contributed by atoms with Gasteiger partial charge in [-0.25, -0.2) is 4.98 Å². The van der Waals surface area contributed by atoms with Gasteiger partial charge in [-0.2, -0.15) is 11.8 Å². The normalized spacial score (nSPS) is 16.9. The molecule has 0 spiro atoms. The molecule has 1 aliphatic rings. The van der Waals surface area contributed by atoms with Crippen LogP contribution < -0.4 is 15.4 Å². The molecule has 9 heteroatoms. The van der Waals surface area contributed by atoms with Gasteiger partial charge in [0.05, 0.1) is 11.6 Å². The van der Waals surface area contributed by atoms with E-state index in [0.717, 1.165) is 18.1 Å². The summed E-state index contributed by atoms with van der Waals surface area (Å²) < 4.78 is 5.40. The van der Waals surface area contributed by atoms with Crippen molar-refractivity contribution >= 4 is 54.1 Å². The first-order chi connectivity index (χ1) is 9.74. The highest BCUT2D eigenvalue weighted by Gasteiger charge is 2.16. The topological polar surface area (TPSA) is 63.2 Å². The van der Waals surface area contributed by atoms with E-state index in [1.807, 2.05) is 11.8 Å². The van der Waals surface area contributed by atoms with Gasteiger partial charge in [0.25, 0.3) is 0 Å². The smallest absolute Gasteiger partial charge is 0.221 e. The lowest BCUT2D eigenvalue weighted by atomic mass is 10.2. The molecule has 1 atom stereocenters. The number of thioether (sulfide) groups is 1. The van der Waals surface area contributed by atoms with E-state index in [1.54, 1.807) is 12.1 Å². The number of nitrogens with zero attached hydrogens (tertiary/aromatic N) is 1. The van der Waals surface area contributed by atoms with Crippen LogP contribution in [0.25, 0.3) is 0 Å². The van der Waals surface area contributed by atoms with Gasteiger partial charge in [-0.15, -0.1) is 24.8 Å². The molecule has 2 rings (SSSR count). The summed E-state index contributed by atoms with van der Waals surface area (Å²) in [6.07, 6.45) is 2.05. The lowest BCUT2D eigenvalue weighted by Crippen LogP contribution is -2.41. The van der Waals surface area contributed by atoms with Crippen molar-refractivity contribution in [2.24, 2.45) is 0 Å². The van der Waals surface area contributed by atoms with Gasteiger partial charge >= 0.3 is 0 Å². The maximum absolute atomic E-state index is 11.7. The van der Waals surface area contributed by atoms with Crippen LogP contribution in [0.1, 0.15) is 6.42 Å². The first kappa shape index (κ1) is 21.6. The molecule has 2 N–H and O–H groups in total. The summed E-state index contributed by atoms with van der Waals surface area (Å²) in [6.45, 7) is 1.85. The second-order valence-corrected chi connectivity index (χ2v) is 6.03. The van der Waals surface area contributed by atoms with E-state index in [2.05, 4.69) is 15.6 Å². The summed E-state index contributed by atoms with van der Waals surface area (Å²) >= 11 is 7.61. The van der Waals surface area contributed by atoms with Crippen LogP contribution in [0, 0.1) is 0 Å². The molecule has 1 saturated heterocycles. The largest absolute Gasteiger partial charge is 0.476 e. The Hall–Kier alpha value is -0.400. The minimum atomic E-state index is 0. The second kappa shape index (κ2) is 12.1. The maximum Gasteiger partial charge on any atom is 0.221 e. The van der Waals surface area contributed by atoms with Crippen molar-refractivity contribution in [3.05, 3.63) is 23.4 Å². The molecule has 1 aliphatic heterocycles. The molecule has 0 aliphatic carbocycles. The predicted octanol–water partition coefficient (Wildman–Crippen LogP) is 2.17. The lowest BCUT2D eigenvalue weighted by Gasteiger charge is -2.22. The van der Waals surface area contributed by atoms with Gasteiger partial charge in [0.1, 0.15) is 6.61 Å². The Morgan fingerprint density at radius 1 is 1.50 bits per heavy atom. The molecule has 126 valence electrons. The van der Waals surface area contributed by atoms with Crippen LogP contribution in [0.3, 0.4) is 0 Å². The van der Waals surface area contributed by atoms with Crippen molar-refractivity contribution in [1.82, 2.24) is 15.6 Å². The van der Waals surface area contributed by atoms with Crippen LogP contribution in [-0.4, -0.2) is 48.1 Å². The summed E-state index contributed by atoms with van der Waals surface area (Å²) in [4.78, 5) is 15.7. The van der Waals surface area contributed by atoms with Gasteiger partial charge in [0, 0.05) is 42.8 Å². The third-order valence-electron chi connectivity index (χ3n) is 2.80. The van der Waals surface area contributed by atoms with Crippen molar-refractivity contribution in [1.29, 1.82) is 0 Å². The molecule has 5 nitrogen and oxygen atoms in total. The van der Waals surface area contributed by atoms with E-state index in [1.165, 1.54) is 6.20 Å². The zero-order valence-electron chi connectivity index (χ0n) is 11.9. The van der Waals surface area contributed by atoms with Gasteiger partial charge < -0.3 is 15.4 Å². The summed E-state index contributed by atoms with van der Waals surface area (Å²) in [7, 11) is 0. The zero-order chi connectivity index (χ0) is 14.2. The van der Waals surface area contributed by atoms with Crippen molar-refractivity contribution in [3.63, 3.8) is 0 Å². The summed E-state index contributed by atoms with van der Waals surface area (Å²) in [5.41, 5.74) is 0. The minimum Gasteiger partial charge on any atom is -0.476 e. The van der Waals surface area contributed by atoms with Crippen molar-refractivity contribution < 1.29 is 9.53 Å². The molecule has 1 aromatic rings. The number of nitrogens with one attached hydrogen (secondary N) is 2. The fourth-order valence-corrected chi connectivity index (χ4v) is 2.90.